The number of nitrogens with one attached hydrogen (secondary N) is 2. The Morgan fingerprint density at radius 3 is 2.54 bits per heavy atom. The molecule has 0 saturated heterocycles. The molecule has 0 bridgehead atoms. The average Bonchev–Trinajstić information content (AvgIpc) is 3.09. The second-order valence-electron chi connectivity index (χ2n) is 6.36. The van der Waals surface area contributed by atoms with Gasteiger partial charge in [0.1, 0.15) is 5.75 Å². The summed E-state index contributed by atoms with van der Waals surface area (Å²) in [5.41, 5.74) is 1.21. The molecule has 0 amide bonds. The monoisotopic (exact) mass is 330 g/mol. The number of guanidine groups is 1. The molecule has 0 atom stereocenters. The summed E-state index contributed by atoms with van der Waals surface area (Å²) < 4.78 is 5.76. The first-order valence-corrected chi connectivity index (χ1v) is 8.66. The van der Waals surface area contributed by atoms with Gasteiger partial charge in [0, 0.05) is 26.2 Å². The van der Waals surface area contributed by atoms with Crippen LogP contribution < -0.4 is 15.4 Å². The van der Waals surface area contributed by atoms with E-state index in [0.29, 0.717) is 6.04 Å². The van der Waals surface area contributed by atoms with Crippen LogP contribution in [0.5, 0.6) is 5.75 Å². The summed E-state index contributed by atoms with van der Waals surface area (Å²) >= 11 is 0. The number of nitrogens with zero attached hydrogens (tertiary/aromatic N) is 2. The highest BCUT2D eigenvalue weighted by Crippen LogP contribution is 2.13. The highest BCUT2D eigenvalue weighted by Gasteiger charge is 2.11. The predicted molar refractivity (Wildman–Crippen MR) is 101 cm³/mol. The lowest BCUT2D eigenvalue weighted by atomic mass is 10.2. The van der Waals surface area contributed by atoms with Crippen molar-refractivity contribution in [3.8, 4) is 5.75 Å². The second kappa shape index (κ2) is 9.98. The first-order chi connectivity index (χ1) is 11.7. The topological polar surface area (TPSA) is 48.9 Å². The summed E-state index contributed by atoms with van der Waals surface area (Å²) in [5.74, 6) is 1.78. The Labute approximate surface area is 145 Å². The minimum absolute atomic E-state index is 0.467. The maximum atomic E-state index is 5.76. The fourth-order valence-corrected chi connectivity index (χ4v) is 2.58. The Morgan fingerprint density at radius 1 is 1.21 bits per heavy atom. The van der Waals surface area contributed by atoms with E-state index in [1.165, 1.54) is 5.56 Å². The zero-order valence-electron chi connectivity index (χ0n) is 15.1. The molecule has 24 heavy (non-hydrogen) atoms. The molecular weight excluding hydrogens is 300 g/mol. The second-order valence-corrected chi connectivity index (χ2v) is 6.36. The number of ether oxygens (including phenoxy) is 1. The molecule has 132 valence electrons. The summed E-state index contributed by atoms with van der Waals surface area (Å²) in [7, 11) is 5.96. The van der Waals surface area contributed by atoms with E-state index in [4.69, 9.17) is 4.74 Å². The fraction of sp³-hybridized carbons (Fsp3) is 0.526. The predicted octanol–water partition coefficient (Wildman–Crippen LogP) is 2.40. The van der Waals surface area contributed by atoms with Gasteiger partial charge in [-0.15, -0.1) is 0 Å². The van der Waals surface area contributed by atoms with Gasteiger partial charge >= 0.3 is 0 Å². The molecule has 5 heteroatoms. The highest BCUT2D eigenvalue weighted by atomic mass is 16.5. The third-order valence-corrected chi connectivity index (χ3v) is 3.97. The van der Waals surface area contributed by atoms with Crippen LogP contribution in [0, 0.1) is 0 Å². The van der Waals surface area contributed by atoms with Crippen molar-refractivity contribution in [1.82, 2.24) is 15.5 Å². The van der Waals surface area contributed by atoms with Gasteiger partial charge in [-0.25, -0.2) is 0 Å². The van der Waals surface area contributed by atoms with Crippen molar-refractivity contribution in [1.29, 1.82) is 0 Å². The van der Waals surface area contributed by atoms with Gasteiger partial charge in [-0.05, 0) is 51.1 Å². The molecule has 2 N–H and O–H groups in total. The SMILES string of the molecule is CN=C(NCc1ccc(OCCCN(C)C)cc1)NC1CC=CC1. The van der Waals surface area contributed by atoms with E-state index in [2.05, 4.69) is 58.9 Å². The molecule has 2 rings (SSSR count). The van der Waals surface area contributed by atoms with Gasteiger partial charge in [-0.1, -0.05) is 24.3 Å². The zero-order chi connectivity index (χ0) is 17.2. The van der Waals surface area contributed by atoms with Gasteiger partial charge in [0.05, 0.1) is 6.61 Å². The van der Waals surface area contributed by atoms with Crippen molar-refractivity contribution in [3.05, 3.63) is 42.0 Å². The summed E-state index contributed by atoms with van der Waals surface area (Å²) in [6.07, 6.45) is 7.60. The van der Waals surface area contributed by atoms with E-state index in [-0.39, 0.29) is 0 Å². The van der Waals surface area contributed by atoms with Crippen LogP contribution >= 0.6 is 0 Å². The lowest BCUT2D eigenvalue weighted by Gasteiger charge is -2.17. The number of aliphatic imine (C=N–C) groups is 1. The van der Waals surface area contributed by atoms with Crippen LogP contribution in [-0.4, -0.2) is 51.2 Å². The van der Waals surface area contributed by atoms with Crippen LogP contribution in [0.1, 0.15) is 24.8 Å². The number of benzene rings is 1. The van der Waals surface area contributed by atoms with E-state index in [0.717, 1.165) is 50.7 Å². The number of hydrogen-bond donors (Lipinski definition) is 2. The maximum absolute atomic E-state index is 5.76. The molecule has 0 fully saturated rings. The molecule has 0 heterocycles. The maximum Gasteiger partial charge on any atom is 0.191 e. The van der Waals surface area contributed by atoms with Crippen molar-refractivity contribution >= 4 is 5.96 Å². The lowest BCUT2D eigenvalue weighted by molar-refractivity contribution is 0.281. The van der Waals surface area contributed by atoms with Crippen LogP contribution in [0.2, 0.25) is 0 Å². The Morgan fingerprint density at radius 2 is 1.92 bits per heavy atom. The molecule has 1 aromatic carbocycles. The van der Waals surface area contributed by atoms with Crippen LogP contribution in [0.25, 0.3) is 0 Å². The highest BCUT2D eigenvalue weighted by molar-refractivity contribution is 5.80. The smallest absolute Gasteiger partial charge is 0.191 e. The van der Waals surface area contributed by atoms with Gasteiger partial charge in [-0.2, -0.15) is 0 Å². The minimum Gasteiger partial charge on any atom is -0.494 e. The van der Waals surface area contributed by atoms with Gasteiger partial charge in [0.25, 0.3) is 0 Å². The molecular formula is C19H30N4O. The van der Waals surface area contributed by atoms with Gasteiger partial charge < -0.3 is 20.3 Å². The summed E-state index contributed by atoms with van der Waals surface area (Å²) in [5, 5.41) is 6.80. The number of hydrogen-bond acceptors (Lipinski definition) is 3. The van der Waals surface area contributed by atoms with Crippen molar-refractivity contribution < 1.29 is 4.74 Å². The molecule has 1 aromatic rings. The Hall–Kier alpha value is -2.01. The molecule has 0 spiro atoms. The van der Waals surface area contributed by atoms with Crippen LogP contribution in [-0.2, 0) is 6.54 Å². The normalized spacial score (nSPS) is 15.1. The summed E-state index contributed by atoms with van der Waals surface area (Å²) in [6, 6.07) is 8.72. The van der Waals surface area contributed by atoms with Crippen LogP contribution in [0.4, 0.5) is 0 Å². The molecule has 5 nitrogen and oxygen atoms in total. The Balaban J connectivity index is 1.70. The van der Waals surface area contributed by atoms with E-state index in [1.807, 2.05) is 19.2 Å². The molecule has 0 radical (unpaired) electrons. The zero-order valence-corrected chi connectivity index (χ0v) is 15.1. The van der Waals surface area contributed by atoms with E-state index < -0.39 is 0 Å². The quantitative estimate of drug-likeness (QED) is 0.333. The standard InChI is InChI=1S/C19H30N4O/c1-20-19(22-17-7-4-5-8-17)21-15-16-9-11-18(12-10-16)24-14-6-13-23(2)3/h4-5,9-12,17H,6-8,13-15H2,1-3H3,(H2,20,21,22). The van der Waals surface area contributed by atoms with Gasteiger partial charge in [0.2, 0.25) is 0 Å². The molecule has 0 saturated carbocycles. The largest absolute Gasteiger partial charge is 0.494 e. The Bertz CT molecular complexity index is 529. The summed E-state index contributed by atoms with van der Waals surface area (Å²) in [6.45, 7) is 2.55. The average molecular weight is 330 g/mol. The molecule has 1 aliphatic rings. The third kappa shape index (κ3) is 6.62. The van der Waals surface area contributed by atoms with Crippen molar-refractivity contribution in [3.63, 3.8) is 0 Å². The van der Waals surface area contributed by atoms with E-state index in [9.17, 15) is 0 Å². The number of rotatable bonds is 8. The van der Waals surface area contributed by atoms with Crippen molar-refractivity contribution in [2.75, 3.05) is 34.3 Å². The van der Waals surface area contributed by atoms with Gasteiger partial charge in [-0.3, -0.25) is 4.99 Å². The van der Waals surface area contributed by atoms with Crippen molar-refractivity contribution in [2.45, 2.75) is 31.8 Å². The minimum atomic E-state index is 0.467. The molecule has 0 aromatic heterocycles. The fourth-order valence-electron chi connectivity index (χ4n) is 2.58. The van der Waals surface area contributed by atoms with E-state index >= 15 is 0 Å². The molecule has 0 aliphatic heterocycles. The Kier molecular flexibility index (Phi) is 7.62. The third-order valence-electron chi connectivity index (χ3n) is 3.97. The van der Waals surface area contributed by atoms with E-state index in [1.54, 1.807) is 0 Å². The lowest BCUT2D eigenvalue weighted by Crippen LogP contribution is -2.42. The molecule has 1 aliphatic carbocycles. The van der Waals surface area contributed by atoms with Crippen molar-refractivity contribution in [2.24, 2.45) is 4.99 Å². The van der Waals surface area contributed by atoms with Crippen LogP contribution in [0.15, 0.2) is 41.4 Å². The summed E-state index contributed by atoms with van der Waals surface area (Å²) in [4.78, 5) is 6.45. The first kappa shape index (κ1) is 18.3. The van der Waals surface area contributed by atoms with Crippen LogP contribution in [0.3, 0.4) is 0 Å². The van der Waals surface area contributed by atoms with Gasteiger partial charge in [0.15, 0.2) is 5.96 Å². The molecule has 0 unspecified atom stereocenters. The first-order valence-electron chi connectivity index (χ1n) is 8.66.